The monoisotopic (exact) mass is 523 g/mol. The topological polar surface area (TPSA) is 132 Å². The van der Waals surface area contributed by atoms with Gasteiger partial charge in [0.15, 0.2) is 0 Å². The number of aromatic nitrogens is 1. The summed E-state index contributed by atoms with van der Waals surface area (Å²) in [5.74, 6) is 1.01. The summed E-state index contributed by atoms with van der Waals surface area (Å²) in [4.78, 5) is 30.5. The minimum atomic E-state index is -0.618. The first-order chi connectivity index (χ1) is 18.6. The average molecular weight is 524 g/mol. The number of carbonyl (C=O) groups is 2. The first-order valence-corrected chi connectivity index (χ1v) is 14.2. The summed E-state index contributed by atoms with van der Waals surface area (Å²) in [5.41, 5.74) is 13.2. The van der Waals surface area contributed by atoms with Gasteiger partial charge in [-0.05, 0) is 87.4 Å². The lowest BCUT2D eigenvalue weighted by molar-refractivity contribution is -0.131. The van der Waals surface area contributed by atoms with Gasteiger partial charge in [0.05, 0.1) is 5.69 Å². The Kier molecular flexibility index (Phi) is 13.1. The highest BCUT2D eigenvalue weighted by molar-refractivity contribution is 5.88. The molecule has 8 nitrogen and oxygen atoms in total. The van der Waals surface area contributed by atoms with Crippen molar-refractivity contribution in [2.45, 2.75) is 76.9 Å². The van der Waals surface area contributed by atoms with E-state index in [1.807, 2.05) is 42.5 Å². The van der Waals surface area contributed by atoms with E-state index in [0.717, 1.165) is 81.3 Å². The molecule has 0 spiro atoms. The number of nitrogens with one attached hydrogen (secondary N) is 2. The molecule has 1 aromatic heterocycles. The summed E-state index contributed by atoms with van der Waals surface area (Å²) < 4.78 is 5.83. The van der Waals surface area contributed by atoms with Crippen LogP contribution in [-0.4, -0.2) is 42.5 Å². The maximum atomic E-state index is 13.1. The molecule has 6 N–H and O–H groups in total. The molecule has 0 bridgehead atoms. The van der Waals surface area contributed by atoms with Crippen molar-refractivity contribution in [1.82, 2.24) is 15.6 Å². The molecule has 0 aliphatic heterocycles. The number of carbonyl (C=O) groups excluding carboxylic acids is 2. The van der Waals surface area contributed by atoms with Crippen LogP contribution in [0.4, 0.5) is 0 Å². The zero-order valence-corrected chi connectivity index (χ0v) is 22.6. The minimum Gasteiger partial charge on any atom is -0.487 e. The van der Waals surface area contributed by atoms with E-state index in [1.165, 1.54) is 0 Å². The molecule has 1 saturated carbocycles. The molecule has 0 unspecified atom stereocenters. The maximum absolute atomic E-state index is 13.1. The summed E-state index contributed by atoms with van der Waals surface area (Å²) in [6.07, 6.45) is 11.0. The summed E-state index contributed by atoms with van der Waals surface area (Å²) in [7, 11) is 0. The highest BCUT2D eigenvalue weighted by atomic mass is 16.5. The molecule has 0 radical (unpaired) electrons. The Morgan fingerprint density at radius 3 is 2.37 bits per heavy atom. The summed E-state index contributed by atoms with van der Waals surface area (Å²) in [6.45, 7) is 2.39. The van der Waals surface area contributed by atoms with Crippen molar-refractivity contribution in [3.8, 4) is 5.75 Å². The van der Waals surface area contributed by atoms with Gasteiger partial charge in [-0.3, -0.25) is 14.6 Å². The molecule has 8 heteroatoms. The van der Waals surface area contributed by atoms with Crippen LogP contribution in [0, 0.1) is 11.8 Å². The Bertz CT molecular complexity index is 946. The first-order valence-electron chi connectivity index (χ1n) is 14.2. The molecule has 38 heavy (non-hydrogen) atoms. The van der Waals surface area contributed by atoms with Gasteiger partial charge in [-0.25, -0.2) is 0 Å². The molecule has 1 heterocycles. The van der Waals surface area contributed by atoms with Crippen LogP contribution in [-0.2, 0) is 22.6 Å². The SMILES string of the molecule is NCCCCCCCNC(=O)[C@H](Cc1ccc(OCc2ccccn2)cc1)NC(=O)C1CCC(CN)CC1. The number of nitrogens with zero attached hydrogens (tertiary/aromatic N) is 1. The van der Waals surface area contributed by atoms with Crippen molar-refractivity contribution >= 4 is 11.8 Å². The molecule has 1 fully saturated rings. The zero-order valence-electron chi connectivity index (χ0n) is 22.6. The fourth-order valence-electron chi connectivity index (χ4n) is 4.89. The molecule has 3 rings (SSSR count). The van der Waals surface area contributed by atoms with Gasteiger partial charge in [-0.2, -0.15) is 0 Å². The molecule has 1 aromatic carbocycles. The molecule has 1 atom stereocenters. The second kappa shape index (κ2) is 16.8. The third-order valence-corrected chi connectivity index (χ3v) is 7.34. The molecule has 0 saturated heterocycles. The van der Waals surface area contributed by atoms with Crippen molar-refractivity contribution < 1.29 is 14.3 Å². The van der Waals surface area contributed by atoms with Crippen LogP contribution in [0.1, 0.15) is 69.0 Å². The largest absolute Gasteiger partial charge is 0.487 e. The van der Waals surface area contributed by atoms with Crippen molar-refractivity contribution in [3.05, 3.63) is 59.9 Å². The lowest BCUT2D eigenvalue weighted by atomic mass is 9.81. The number of ether oxygens (including phenoxy) is 1. The number of amides is 2. The number of hydrogen-bond acceptors (Lipinski definition) is 6. The molecule has 208 valence electrons. The van der Waals surface area contributed by atoms with Crippen molar-refractivity contribution in [2.75, 3.05) is 19.6 Å². The standard InChI is InChI=1S/C30H45N5O3/c31-17-5-2-1-3-6-19-34-30(37)28(35-29(36)25-13-9-24(21-32)10-14-25)20-23-11-15-27(16-12-23)38-22-26-8-4-7-18-33-26/h4,7-8,11-12,15-16,18,24-25,28H,1-3,5-6,9-10,13-14,17,19-22,31-32H2,(H,34,37)(H,35,36)/t24?,25?,28-/m0/s1. The van der Waals surface area contributed by atoms with Crippen LogP contribution < -0.4 is 26.8 Å². The fraction of sp³-hybridized carbons (Fsp3) is 0.567. The van der Waals surface area contributed by atoms with Crippen LogP contribution in [0.5, 0.6) is 5.75 Å². The van der Waals surface area contributed by atoms with E-state index >= 15 is 0 Å². The van der Waals surface area contributed by atoms with Gasteiger partial charge in [0, 0.05) is 25.1 Å². The normalized spacial score (nSPS) is 17.9. The average Bonchev–Trinajstić information content (AvgIpc) is 2.96. The second-order valence-corrected chi connectivity index (χ2v) is 10.3. The lowest BCUT2D eigenvalue weighted by Gasteiger charge is -2.28. The Hall–Kier alpha value is -2.97. The second-order valence-electron chi connectivity index (χ2n) is 10.3. The van der Waals surface area contributed by atoms with E-state index in [4.69, 9.17) is 16.2 Å². The van der Waals surface area contributed by atoms with Crippen LogP contribution in [0.2, 0.25) is 0 Å². The molecule has 2 aromatic rings. The number of nitrogens with two attached hydrogens (primary N) is 2. The predicted molar refractivity (Wildman–Crippen MR) is 150 cm³/mol. The Balaban J connectivity index is 1.55. The van der Waals surface area contributed by atoms with E-state index in [9.17, 15) is 9.59 Å². The maximum Gasteiger partial charge on any atom is 0.242 e. The minimum absolute atomic E-state index is 0.0299. The van der Waals surface area contributed by atoms with Crippen molar-refractivity contribution in [2.24, 2.45) is 23.3 Å². The molecular formula is C30H45N5O3. The van der Waals surface area contributed by atoms with E-state index < -0.39 is 6.04 Å². The van der Waals surface area contributed by atoms with Crippen molar-refractivity contribution in [3.63, 3.8) is 0 Å². The zero-order chi connectivity index (χ0) is 27.0. The van der Waals surface area contributed by atoms with Crippen LogP contribution in [0.15, 0.2) is 48.7 Å². The van der Waals surface area contributed by atoms with Crippen molar-refractivity contribution in [1.29, 1.82) is 0 Å². The molecule has 1 aliphatic rings. The van der Waals surface area contributed by atoms with E-state index in [2.05, 4.69) is 15.6 Å². The lowest BCUT2D eigenvalue weighted by Crippen LogP contribution is -2.50. The summed E-state index contributed by atoms with van der Waals surface area (Å²) in [6, 6.07) is 12.8. The fourth-order valence-corrected chi connectivity index (χ4v) is 4.89. The number of rotatable bonds is 16. The van der Waals surface area contributed by atoms with E-state index in [1.54, 1.807) is 6.20 Å². The smallest absolute Gasteiger partial charge is 0.242 e. The van der Waals surface area contributed by atoms with Crippen LogP contribution in [0.3, 0.4) is 0 Å². The third kappa shape index (κ3) is 10.4. The Labute approximate surface area is 227 Å². The highest BCUT2D eigenvalue weighted by Gasteiger charge is 2.29. The number of unbranched alkanes of at least 4 members (excludes halogenated alkanes) is 4. The Morgan fingerprint density at radius 2 is 1.68 bits per heavy atom. The predicted octanol–water partition coefficient (Wildman–Crippen LogP) is 3.48. The Morgan fingerprint density at radius 1 is 0.947 bits per heavy atom. The highest BCUT2D eigenvalue weighted by Crippen LogP contribution is 2.28. The van der Waals surface area contributed by atoms with Crippen LogP contribution >= 0.6 is 0 Å². The molecule has 2 amide bonds. The van der Waals surface area contributed by atoms with Gasteiger partial charge in [0.2, 0.25) is 11.8 Å². The summed E-state index contributed by atoms with van der Waals surface area (Å²) in [5, 5.41) is 6.10. The van der Waals surface area contributed by atoms with E-state index in [-0.39, 0.29) is 17.7 Å². The van der Waals surface area contributed by atoms with Crippen LogP contribution in [0.25, 0.3) is 0 Å². The van der Waals surface area contributed by atoms with Gasteiger partial charge in [0.1, 0.15) is 18.4 Å². The van der Waals surface area contributed by atoms with Gasteiger partial charge in [-0.15, -0.1) is 0 Å². The number of pyridine rings is 1. The van der Waals surface area contributed by atoms with Gasteiger partial charge < -0.3 is 26.8 Å². The van der Waals surface area contributed by atoms with Gasteiger partial charge >= 0.3 is 0 Å². The van der Waals surface area contributed by atoms with E-state index in [0.29, 0.717) is 32.0 Å². The van der Waals surface area contributed by atoms with Gasteiger partial charge in [0.25, 0.3) is 0 Å². The first kappa shape index (κ1) is 29.6. The quantitative estimate of drug-likeness (QED) is 0.249. The number of benzene rings is 1. The molecular weight excluding hydrogens is 478 g/mol. The summed E-state index contributed by atoms with van der Waals surface area (Å²) >= 11 is 0. The number of hydrogen-bond donors (Lipinski definition) is 4. The third-order valence-electron chi connectivity index (χ3n) is 7.34. The molecule has 1 aliphatic carbocycles. The van der Waals surface area contributed by atoms with Gasteiger partial charge in [-0.1, -0.05) is 37.5 Å².